The van der Waals surface area contributed by atoms with Crippen LogP contribution in [-0.2, 0) is 17.6 Å². The number of hydrogen-bond acceptors (Lipinski definition) is 2. The van der Waals surface area contributed by atoms with E-state index >= 15 is 0 Å². The van der Waals surface area contributed by atoms with Crippen LogP contribution in [0.4, 0.5) is 8.78 Å². The summed E-state index contributed by atoms with van der Waals surface area (Å²) >= 11 is 0. The third-order valence-electron chi connectivity index (χ3n) is 2.18. The van der Waals surface area contributed by atoms with E-state index in [0.717, 1.165) is 11.1 Å². The summed E-state index contributed by atoms with van der Waals surface area (Å²) in [5, 5.41) is 0. The van der Waals surface area contributed by atoms with Crippen LogP contribution in [0.25, 0.3) is 0 Å². The number of benzene rings is 1. The lowest BCUT2D eigenvalue weighted by Crippen LogP contribution is -2.02. The van der Waals surface area contributed by atoms with Crippen molar-refractivity contribution in [3.63, 3.8) is 0 Å². The number of carbonyl (C=O) groups is 1. The van der Waals surface area contributed by atoms with E-state index in [1.807, 2.05) is 0 Å². The molecule has 0 aromatic heterocycles. The maximum atomic E-state index is 11.9. The predicted octanol–water partition coefficient (Wildman–Crippen LogP) is 1.96. The molecule has 0 spiro atoms. The largest absolute Gasteiger partial charge is 0.435 e. The number of ether oxygens (including phenoxy) is 1. The monoisotopic (exact) mass is 198 g/mol. The Labute approximate surface area is 79.5 Å². The van der Waals surface area contributed by atoms with Gasteiger partial charge in [-0.15, -0.1) is 0 Å². The molecule has 1 aromatic rings. The van der Waals surface area contributed by atoms with Crippen molar-refractivity contribution < 1.29 is 18.3 Å². The fraction of sp³-hybridized carbons (Fsp3) is 0.300. The number of carbonyl (C=O) groups excluding carboxylic acids is 1. The number of fused-ring (bicyclic) bond motifs is 1. The first-order valence-electron chi connectivity index (χ1n) is 4.23. The van der Waals surface area contributed by atoms with Crippen LogP contribution in [0.1, 0.15) is 11.1 Å². The maximum Gasteiger partial charge on any atom is 0.387 e. The molecule has 0 heterocycles. The van der Waals surface area contributed by atoms with Gasteiger partial charge in [0.15, 0.2) is 0 Å². The molecule has 0 unspecified atom stereocenters. The minimum atomic E-state index is -2.81. The van der Waals surface area contributed by atoms with Gasteiger partial charge in [-0.25, -0.2) is 0 Å². The zero-order chi connectivity index (χ0) is 10.1. The van der Waals surface area contributed by atoms with Crippen molar-refractivity contribution in [2.24, 2.45) is 0 Å². The Morgan fingerprint density at radius 2 is 1.93 bits per heavy atom. The van der Waals surface area contributed by atoms with Crippen molar-refractivity contribution in [3.8, 4) is 5.75 Å². The molecule has 4 heteroatoms. The standard InChI is InChI=1S/C10H8F2O2/c11-10(12)14-9-2-1-6-3-8(13)4-7(6)5-9/h1-2,5,10H,3-4H2. The molecule has 0 N–H and O–H groups in total. The van der Waals surface area contributed by atoms with E-state index in [1.54, 1.807) is 6.07 Å². The molecule has 14 heavy (non-hydrogen) atoms. The molecule has 1 aromatic carbocycles. The van der Waals surface area contributed by atoms with Crippen LogP contribution in [0, 0.1) is 0 Å². The van der Waals surface area contributed by atoms with Crippen molar-refractivity contribution in [1.29, 1.82) is 0 Å². The van der Waals surface area contributed by atoms with Crippen LogP contribution in [0.5, 0.6) is 5.75 Å². The van der Waals surface area contributed by atoms with Gasteiger partial charge in [-0.05, 0) is 23.3 Å². The van der Waals surface area contributed by atoms with Crippen LogP contribution >= 0.6 is 0 Å². The lowest BCUT2D eigenvalue weighted by molar-refractivity contribution is -0.117. The zero-order valence-corrected chi connectivity index (χ0v) is 7.30. The fourth-order valence-electron chi connectivity index (χ4n) is 1.60. The van der Waals surface area contributed by atoms with Crippen molar-refractivity contribution in [3.05, 3.63) is 29.3 Å². The van der Waals surface area contributed by atoms with E-state index in [2.05, 4.69) is 4.74 Å². The van der Waals surface area contributed by atoms with Gasteiger partial charge in [0.05, 0.1) is 0 Å². The molecule has 0 fully saturated rings. The molecule has 0 aliphatic heterocycles. The highest BCUT2D eigenvalue weighted by atomic mass is 19.3. The first-order chi connectivity index (χ1) is 6.65. The Hall–Kier alpha value is -1.45. The first kappa shape index (κ1) is 9.12. The average Bonchev–Trinajstić information content (AvgIpc) is 2.42. The second-order valence-electron chi connectivity index (χ2n) is 3.20. The van der Waals surface area contributed by atoms with E-state index < -0.39 is 6.61 Å². The first-order valence-corrected chi connectivity index (χ1v) is 4.23. The summed E-state index contributed by atoms with van der Waals surface area (Å²) in [6.07, 6.45) is 0.736. The summed E-state index contributed by atoms with van der Waals surface area (Å²) in [7, 11) is 0. The lowest BCUT2D eigenvalue weighted by atomic mass is 10.1. The Morgan fingerprint density at radius 3 is 2.64 bits per heavy atom. The molecular weight excluding hydrogens is 190 g/mol. The average molecular weight is 198 g/mol. The molecule has 0 amide bonds. The normalized spacial score (nSPS) is 14.6. The van der Waals surface area contributed by atoms with E-state index in [-0.39, 0.29) is 11.5 Å². The molecule has 0 atom stereocenters. The highest BCUT2D eigenvalue weighted by molar-refractivity contribution is 5.88. The highest BCUT2D eigenvalue weighted by Crippen LogP contribution is 2.25. The van der Waals surface area contributed by atoms with Crippen molar-refractivity contribution in [1.82, 2.24) is 0 Å². The van der Waals surface area contributed by atoms with Gasteiger partial charge < -0.3 is 4.74 Å². The summed E-state index contributed by atoms with van der Waals surface area (Å²) in [5.41, 5.74) is 1.71. The Bertz CT molecular complexity index is 374. The summed E-state index contributed by atoms with van der Waals surface area (Å²) in [6.45, 7) is -2.81. The second kappa shape index (κ2) is 3.36. The van der Waals surface area contributed by atoms with Crippen molar-refractivity contribution in [2.75, 3.05) is 0 Å². The topological polar surface area (TPSA) is 26.3 Å². The molecule has 0 saturated carbocycles. The van der Waals surface area contributed by atoms with Gasteiger partial charge in [-0.3, -0.25) is 4.79 Å². The number of ketones is 1. The number of Topliss-reactive ketones (excluding diaryl/α,β-unsaturated/α-hetero) is 1. The number of rotatable bonds is 2. The van der Waals surface area contributed by atoms with Gasteiger partial charge >= 0.3 is 6.61 Å². The summed E-state index contributed by atoms with van der Waals surface area (Å²) in [5.74, 6) is 0.239. The lowest BCUT2D eigenvalue weighted by Gasteiger charge is -2.05. The summed E-state index contributed by atoms with van der Waals surface area (Å²) < 4.78 is 27.9. The quantitative estimate of drug-likeness (QED) is 0.726. The van der Waals surface area contributed by atoms with Crippen molar-refractivity contribution >= 4 is 5.78 Å². The fourth-order valence-corrected chi connectivity index (χ4v) is 1.60. The second-order valence-corrected chi connectivity index (χ2v) is 3.20. The third kappa shape index (κ3) is 1.73. The molecule has 0 saturated heterocycles. The highest BCUT2D eigenvalue weighted by Gasteiger charge is 2.19. The number of halogens is 2. The number of alkyl halides is 2. The van der Waals surface area contributed by atoms with Crippen LogP contribution in [0.15, 0.2) is 18.2 Å². The molecule has 0 bridgehead atoms. The Balaban J connectivity index is 2.24. The third-order valence-corrected chi connectivity index (χ3v) is 2.18. The van der Waals surface area contributed by atoms with Crippen LogP contribution < -0.4 is 4.74 Å². The minimum Gasteiger partial charge on any atom is -0.435 e. The molecule has 2 nitrogen and oxygen atoms in total. The van der Waals surface area contributed by atoms with E-state index in [9.17, 15) is 13.6 Å². The summed E-state index contributed by atoms with van der Waals surface area (Å²) in [4.78, 5) is 11.0. The minimum absolute atomic E-state index is 0.119. The van der Waals surface area contributed by atoms with E-state index in [4.69, 9.17) is 0 Å². The Morgan fingerprint density at radius 1 is 1.21 bits per heavy atom. The van der Waals surface area contributed by atoms with Gasteiger partial charge in [-0.2, -0.15) is 8.78 Å². The smallest absolute Gasteiger partial charge is 0.387 e. The van der Waals surface area contributed by atoms with Crippen LogP contribution in [0.3, 0.4) is 0 Å². The Kier molecular flexibility index (Phi) is 2.19. The SMILES string of the molecule is O=C1Cc2ccc(OC(F)F)cc2C1. The summed E-state index contributed by atoms with van der Waals surface area (Å²) in [6, 6.07) is 4.63. The van der Waals surface area contributed by atoms with E-state index in [0.29, 0.717) is 12.8 Å². The van der Waals surface area contributed by atoms with Crippen LogP contribution in [-0.4, -0.2) is 12.4 Å². The van der Waals surface area contributed by atoms with Gasteiger partial charge in [0.25, 0.3) is 0 Å². The van der Waals surface area contributed by atoms with Gasteiger partial charge in [0.2, 0.25) is 0 Å². The molecule has 2 rings (SSSR count). The molecule has 0 radical (unpaired) electrons. The van der Waals surface area contributed by atoms with Gasteiger partial charge in [0.1, 0.15) is 11.5 Å². The van der Waals surface area contributed by atoms with Gasteiger partial charge in [-0.1, -0.05) is 6.07 Å². The number of hydrogen-bond donors (Lipinski definition) is 0. The van der Waals surface area contributed by atoms with Gasteiger partial charge in [0, 0.05) is 12.8 Å². The van der Waals surface area contributed by atoms with Crippen molar-refractivity contribution in [2.45, 2.75) is 19.5 Å². The molecule has 1 aliphatic carbocycles. The predicted molar refractivity (Wildman–Crippen MR) is 45.5 cm³/mol. The van der Waals surface area contributed by atoms with E-state index in [1.165, 1.54) is 12.1 Å². The zero-order valence-electron chi connectivity index (χ0n) is 7.30. The molecule has 74 valence electrons. The molecular formula is C10H8F2O2. The molecule has 1 aliphatic rings. The van der Waals surface area contributed by atoms with Crippen LogP contribution in [0.2, 0.25) is 0 Å². The maximum absolute atomic E-state index is 11.9.